The topological polar surface area (TPSA) is 55.6 Å². The van der Waals surface area contributed by atoms with E-state index in [-0.39, 0.29) is 6.09 Å². The van der Waals surface area contributed by atoms with Crippen LogP contribution in [0.4, 0.5) is 10.5 Å². The minimum absolute atomic E-state index is 0.223. The van der Waals surface area contributed by atoms with Crippen LogP contribution in [0.15, 0.2) is 24.3 Å². The number of benzene rings is 1. The summed E-state index contributed by atoms with van der Waals surface area (Å²) in [4.78, 5) is 14.2. The van der Waals surface area contributed by atoms with Crippen molar-refractivity contribution >= 4 is 11.8 Å². The molecule has 1 aliphatic carbocycles. The molecule has 0 saturated heterocycles. The maximum absolute atomic E-state index is 12.3. The Hall–Kier alpha value is -1.71. The number of hydrogen-bond donors (Lipinski definition) is 1. The molecular formula is C16H24N2O2. The minimum Gasteiger partial charge on any atom is -0.444 e. The first-order chi connectivity index (χ1) is 9.35. The van der Waals surface area contributed by atoms with Gasteiger partial charge in [0.25, 0.3) is 0 Å². The lowest BCUT2D eigenvalue weighted by Crippen LogP contribution is -2.46. The Bertz CT molecular complexity index is 458. The molecule has 0 atom stereocenters. The third-order valence-electron chi connectivity index (χ3n) is 3.48. The maximum atomic E-state index is 12.3. The zero-order valence-corrected chi connectivity index (χ0v) is 12.6. The molecule has 0 aliphatic heterocycles. The van der Waals surface area contributed by atoms with Gasteiger partial charge in [0.15, 0.2) is 0 Å². The van der Waals surface area contributed by atoms with Gasteiger partial charge in [-0.25, -0.2) is 4.79 Å². The second-order valence-electron chi connectivity index (χ2n) is 6.43. The molecule has 4 nitrogen and oxygen atoms in total. The molecular weight excluding hydrogens is 252 g/mol. The second-order valence-corrected chi connectivity index (χ2v) is 6.43. The minimum atomic E-state index is -0.458. The lowest BCUT2D eigenvalue weighted by atomic mass is 9.91. The van der Waals surface area contributed by atoms with Crippen molar-refractivity contribution in [1.29, 1.82) is 0 Å². The Balaban J connectivity index is 2.07. The Kier molecular flexibility index (Phi) is 4.21. The highest BCUT2D eigenvalue weighted by Gasteiger charge is 2.31. The Labute approximate surface area is 120 Å². The molecule has 0 bridgehead atoms. The fourth-order valence-corrected chi connectivity index (χ4v) is 2.18. The highest BCUT2D eigenvalue weighted by atomic mass is 16.6. The van der Waals surface area contributed by atoms with E-state index in [2.05, 4.69) is 0 Å². The van der Waals surface area contributed by atoms with Crippen LogP contribution in [0.25, 0.3) is 0 Å². The predicted molar refractivity (Wildman–Crippen MR) is 80.3 cm³/mol. The van der Waals surface area contributed by atoms with Crippen molar-refractivity contribution in [3.8, 4) is 0 Å². The number of hydrogen-bond acceptors (Lipinski definition) is 3. The van der Waals surface area contributed by atoms with Crippen molar-refractivity contribution in [2.24, 2.45) is 0 Å². The van der Waals surface area contributed by atoms with Crippen molar-refractivity contribution < 1.29 is 9.53 Å². The zero-order chi connectivity index (χ0) is 14.8. The molecule has 1 aromatic rings. The van der Waals surface area contributed by atoms with Crippen LogP contribution in [0.3, 0.4) is 0 Å². The van der Waals surface area contributed by atoms with Crippen LogP contribution in [-0.2, 0) is 11.3 Å². The standard InChI is InChI=1S/C16H24N2O2/c1-16(2,3)20-15(19)18(14-5-4-6-14)11-12-7-9-13(17)10-8-12/h7-10,14H,4-6,11,17H2,1-3H3. The summed E-state index contributed by atoms with van der Waals surface area (Å²) in [5.41, 5.74) is 7.05. The highest BCUT2D eigenvalue weighted by Crippen LogP contribution is 2.28. The van der Waals surface area contributed by atoms with Crippen molar-refractivity contribution in [3.63, 3.8) is 0 Å². The number of rotatable bonds is 3. The first-order valence-corrected chi connectivity index (χ1v) is 7.19. The lowest BCUT2D eigenvalue weighted by Gasteiger charge is -2.38. The number of nitrogens with two attached hydrogens (primary N) is 1. The van der Waals surface area contributed by atoms with Crippen LogP contribution in [0.2, 0.25) is 0 Å². The number of carbonyl (C=O) groups excluding carboxylic acids is 1. The molecule has 1 saturated carbocycles. The van der Waals surface area contributed by atoms with Crippen LogP contribution in [0.1, 0.15) is 45.6 Å². The Morgan fingerprint density at radius 1 is 1.30 bits per heavy atom. The molecule has 1 amide bonds. The molecule has 0 heterocycles. The number of carbonyl (C=O) groups is 1. The summed E-state index contributed by atoms with van der Waals surface area (Å²) in [6, 6.07) is 7.96. The predicted octanol–water partition coefficient (Wildman–Crippen LogP) is 3.56. The normalized spacial score (nSPS) is 15.6. The molecule has 1 aromatic carbocycles. The van der Waals surface area contributed by atoms with Gasteiger partial charge in [0.1, 0.15) is 5.60 Å². The van der Waals surface area contributed by atoms with Gasteiger partial charge in [-0.05, 0) is 57.7 Å². The Morgan fingerprint density at radius 3 is 2.35 bits per heavy atom. The van der Waals surface area contributed by atoms with E-state index in [1.807, 2.05) is 49.9 Å². The quantitative estimate of drug-likeness (QED) is 0.859. The molecule has 1 fully saturated rings. The molecule has 4 heteroatoms. The van der Waals surface area contributed by atoms with Crippen LogP contribution in [0, 0.1) is 0 Å². The van der Waals surface area contributed by atoms with Gasteiger partial charge in [-0.15, -0.1) is 0 Å². The SMILES string of the molecule is CC(C)(C)OC(=O)N(Cc1ccc(N)cc1)C1CCC1. The number of nitrogens with zero attached hydrogens (tertiary/aromatic N) is 1. The third kappa shape index (κ3) is 3.89. The van der Waals surface area contributed by atoms with E-state index in [9.17, 15) is 4.79 Å². The molecule has 0 unspecified atom stereocenters. The fraction of sp³-hybridized carbons (Fsp3) is 0.562. The fourth-order valence-electron chi connectivity index (χ4n) is 2.18. The van der Waals surface area contributed by atoms with Crippen LogP contribution in [0.5, 0.6) is 0 Å². The van der Waals surface area contributed by atoms with E-state index >= 15 is 0 Å². The smallest absolute Gasteiger partial charge is 0.410 e. The molecule has 20 heavy (non-hydrogen) atoms. The number of amides is 1. The maximum Gasteiger partial charge on any atom is 0.410 e. The molecule has 0 spiro atoms. The van der Waals surface area contributed by atoms with Gasteiger partial charge in [0.05, 0.1) is 0 Å². The third-order valence-corrected chi connectivity index (χ3v) is 3.48. The number of anilines is 1. The van der Waals surface area contributed by atoms with Gasteiger partial charge in [0, 0.05) is 18.3 Å². The van der Waals surface area contributed by atoms with Crippen molar-refractivity contribution in [2.45, 2.75) is 58.2 Å². The first-order valence-electron chi connectivity index (χ1n) is 7.19. The van der Waals surface area contributed by atoms with Gasteiger partial charge in [-0.1, -0.05) is 12.1 Å². The lowest BCUT2D eigenvalue weighted by molar-refractivity contribution is 0.00462. The van der Waals surface area contributed by atoms with Gasteiger partial charge >= 0.3 is 6.09 Å². The van der Waals surface area contributed by atoms with E-state index in [0.717, 1.165) is 24.1 Å². The van der Waals surface area contributed by atoms with E-state index in [0.29, 0.717) is 12.6 Å². The van der Waals surface area contributed by atoms with Gasteiger partial charge in [-0.2, -0.15) is 0 Å². The summed E-state index contributed by atoms with van der Waals surface area (Å²) in [7, 11) is 0. The molecule has 0 aromatic heterocycles. The van der Waals surface area contributed by atoms with E-state index < -0.39 is 5.60 Å². The van der Waals surface area contributed by atoms with Crippen LogP contribution < -0.4 is 5.73 Å². The van der Waals surface area contributed by atoms with E-state index in [4.69, 9.17) is 10.5 Å². The van der Waals surface area contributed by atoms with Gasteiger partial charge in [0.2, 0.25) is 0 Å². The average molecular weight is 276 g/mol. The van der Waals surface area contributed by atoms with E-state index in [1.54, 1.807) is 0 Å². The summed E-state index contributed by atoms with van der Waals surface area (Å²) in [5.74, 6) is 0. The van der Waals surface area contributed by atoms with Gasteiger partial charge in [-0.3, -0.25) is 0 Å². The molecule has 110 valence electrons. The summed E-state index contributed by atoms with van der Waals surface area (Å²) >= 11 is 0. The monoisotopic (exact) mass is 276 g/mol. The summed E-state index contributed by atoms with van der Waals surface area (Å²) < 4.78 is 5.51. The summed E-state index contributed by atoms with van der Waals surface area (Å²) in [6.07, 6.45) is 3.09. The molecule has 2 rings (SSSR count). The van der Waals surface area contributed by atoms with Crippen molar-refractivity contribution in [2.75, 3.05) is 5.73 Å². The number of nitrogen functional groups attached to an aromatic ring is 1. The van der Waals surface area contributed by atoms with Gasteiger partial charge < -0.3 is 15.4 Å². The molecule has 0 radical (unpaired) electrons. The largest absolute Gasteiger partial charge is 0.444 e. The van der Waals surface area contributed by atoms with E-state index in [1.165, 1.54) is 6.42 Å². The van der Waals surface area contributed by atoms with Crippen LogP contribution >= 0.6 is 0 Å². The molecule has 2 N–H and O–H groups in total. The molecule has 1 aliphatic rings. The number of ether oxygens (including phenoxy) is 1. The summed E-state index contributed by atoms with van der Waals surface area (Å²) in [6.45, 7) is 6.27. The first kappa shape index (κ1) is 14.7. The second kappa shape index (κ2) is 5.73. The Morgan fingerprint density at radius 2 is 1.90 bits per heavy atom. The van der Waals surface area contributed by atoms with Crippen LogP contribution in [-0.4, -0.2) is 22.6 Å². The zero-order valence-electron chi connectivity index (χ0n) is 12.6. The average Bonchev–Trinajstić information content (AvgIpc) is 2.26. The summed E-state index contributed by atoms with van der Waals surface area (Å²) in [5, 5.41) is 0. The highest BCUT2D eigenvalue weighted by molar-refractivity contribution is 5.68. The van der Waals surface area contributed by atoms with Crippen molar-refractivity contribution in [1.82, 2.24) is 4.90 Å². The van der Waals surface area contributed by atoms with Crippen molar-refractivity contribution in [3.05, 3.63) is 29.8 Å².